The zero-order chi connectivity index (χ0) is 11.7. The van der Waals surface area contributed by atoms with Crippen LogP contribution in [0, 0.1) is 13.8 Å². The summed E-state index contributed by atoms with van der Waals surface area (Å²) < 4.78 is 0. The Morgan fingerprint density at radius 2 is 1.88 bits per heavy atom. The van der Waals surface area contributed by atoms with Gasteiger partial charge in [0.05, 0.1) is 4.88 Å². The molecule has 0 bridgehead atoms. The van der Waals surface area contributed by atoms with E-state index in [2.05, 4.69) is 9.97 Å². The Kier molecular flexibility index (Phi) is 2.83. The monoisotopic (exact) mass is 232 g/mol. The second-order valence-corrected chi connectivity index (χ2v) is 4.76. The second kappa shape index (κ2) is 4.14. The number of pyridine rings is 1. The summed E-state index contributed by atoms with van der Waals surface area (Å²) in [6, 6.07) is 3.96. The van der Waals surface area contributed by atoms with Crippen molar-refractivity contribution in [2.75, 3.05) is 0 Å². The molecule has 0 fully saturated rings. The maximum atomic E-state index is 11.2. The molecule has 2 aromatic heterocycles. The third-order valence-electron chi connectivity index (χ3n) is 2.18. The van der Waals surface area contributed by atoms with Gasteiger partial charge in [-0.1, -0.05) is 0 Å². The quantitative estimate of drug-likeness (QED) is 0.747. The summed E-state index contributed by atoms with van der Waals surface area (Å²) in [6.45, 7) is 5.46. The number of hydrogen-bond acceptors (Lipinski definition) is 4. The van der Waals surface area contributed by atoms with Gasteiger partial charge in [-0.05, 0) is 26.0 Å². The van der Waals surface area contributed by atoms with Gasteiger partial charge < -0.3 is 0 Å². The van der Waals surface area contributed by atoms with Crippen LogP contribution in [0.4, 0.5) is 0 Å². The van der Waals surface area contributed by atoms with Crippen LogP contribution in [0.15, 0.2) is 18.3 Å². The highest BCUT2D eigenvalue weighted by molar-refractivity contribution is 7.16. The molecule has 2 aromatic rings. The number of Topliss-reactive ketones (excluding diaryl/α,β-unsaturated/α-hetero) is 1. The summed E-state index contributed by atoms with van der Waals surface area (Å²) in [6.07, 6.45) is 1.63. The van der Waals surface area contributed by atoms with Crippen LogP contribution >= 0.6 is 11.3 Å². The van der Waals surface area contributed by atoms with Crippen LogP contribution < -0.4 is 0 Å². The predicted octanol–water partition coefficient (Wildman–Crippen LogP) is 3.02. The largest absolute Gasteiger partial charge is 0.294 e. The Labute approximate surface area is 98.2 Å². The standard InChI is InChI=1S/C12H12N2OS/c1-7-4-10(5-8(2)14-7)12-13-6-11(16-12)9(3)15/h4-6H,1-3H3. The summed E-state index contributed by atoms with van der Waals surface area (Å²) in [5.74, 6) is 0.0613. The van der Waals surface area contributed by atoms with Crippen LogP contribution in [-0.4, -0.2) is 15.8 Å². The molecule has 0 spiro atoms. The topological polar surface area (TPSA) is 42.9 Å². The molecule has 0 N–H and O–H groups in total. The molecular weight excluding hydrogens is 220 g/mol. The Balaban J connectivity index is 2.46. The first kappa shape index (κ1) is 11.0. The van der Waals surface area contributed by atoms with E-state index in [-0.39, 0.29) is 5.78 Å². The van der Waals surface area contributed by atoms with E-state index in [1.54, 1.807) is 13.1 Å². The van der Waals surface area contributed by atoms with Crippen LogP contribution in [-0.2, 0) is 0 Å². The van der Waals surface area contributed by atoms with Gasteiger partial charge in [0.25, 0.3) is 0 Å². The third-order valence-corrected chi connectivity index (χ3v) is 3.33. The highest BCUT2D eigenvalue weighted by atomic mass is 32.1. The molecule has 0 amide bonds. The van der Waals surface area contributed by atoms with Crippen LogP contribution in [0.5, 0.6) is 0 Å². The van der Waals surface area contributed by atoms with Crippen molar-refractivity contribution in [1.29, 1.82) is 0 Å². The Morgan fingerprint density at radius 1 is 1.25 bits per heavy atom. The second-order valence-electron chi connectivity index (χ2n) is 3.72. The molecule has 3 nitrogen and oxygen atoms in total. The van der Waals surface area contributed by atoms with Crippen molar-refractivity contribution in [2.45, 2.75) is 20.8 Å². The smallest absolute Gasteiger partial charge is 0.171 e. The van der Waals surface area contributed by atoms with Crippen molar-refractivity contribution in [3.8, 4) is 10.6 Å². The van der Waals surface area contributed by atoms with Crippen molar-refractivity contribution >= 4 is 17.1 Å². The van der Waals surface area contributed by atoms with E-state index >= 15 is 0 Å². The van der Waals surface area contributed by atoms with Gasteiger partial charge >= 0.3 is 0 Å². The lowest BCUT2D eigenvalue weighted by Crippen LogP contribution is -1.87. The lowest BCUT2D eigenvalue weighted by atomic mass is 10.2. The van der Waals surface area contributed by atoms with E-state index in [0.717, 1.165) is 22.0 Å². The predicted molar refractivity (Wildman–Crippen MR) is 64.8 cm³/mol. The maximum Gasteiger partial charge on any atom is 0.171 e. The minimum absolute atomic E-state index is 0.0613. The first-order valence-corrected chi connectivity index (χ1v) is 5.80. The Hall–Kier alpha value is -1.55. The average Bonchev–Trinajstić information content (AvgIpc) is 2.64. The SMILES string of the molecule is CC(=O)c1cnc(-c2cc(C)nc(C)c2)s1. The van der Waals surface area contributed by atoms with Gasteiger partial charge in [0.2, 0.25) is 0 Å². The van der Waals surface area contributed by atoms with Crippen LogP contribution in [0.2, 0.25) is 0 Å². The van der Waals surface area contributed by atoms with Gasteiger partial charge in [-0.3, -0.25) is 9.78 Å². The summed E-state index contributed by atoms with van der Waals surface area (Å²) in [5.41, 5.74) is 2.96. The van der Waals surface area contributed by atoms with Crippen molar-refractivity contribution in [3.05, 3.63) is 34.6 Å². The third kappa shape index (κ3) is 2.17. The van der Waals surface area contributed by atoms with Gasteiger partial charge in [0.1, 0.15) is 5.01 Å². The van der Waals surface area contributed by atoms with Crippen LogP contribution in [0.1, 0.15) is 28.0 Å². The molecule has 0 saturated heterocycles. The van der Waals surface area contributed by atoms with Gasteiger partial charge in [-0.25, -0.2) is 4.98 Å². The molecule has 82 valence electrons. The van der Waals surface area contributed by atoms with Gasteiger partial charge in [0.15, 0.2) is 5.78 Å². The summed E-state index contributed by atoms with van der Waals surface area (Å²) in [4.78, 5) is 20.4. The first-order valence-electron chi connectivity index (χ1n) is 4.98. The molecule has 0 aliphatic rings. The number of aromatic nitrogens is 2. The zero-order valence-electron chi connectivity index (χ0n) is 9.44. The fraction of sp³-hybridized carbons (Fsp3) is 0.250. The molecule has 0 atom stereocenters. The van der Waals surface area contributed by atoms with Crippen molar-refractivity contribution in [2.24, 2.45) is 0 Å². The number of carbonyl (C=O) groups is 1. The average molecular weight is 232 g/mol. The molecule has 0 radical (unpaired) electrons. The minimum atomic E-state index is 0.0613. The van der Waals surface area contributed by atoms with Crippen molar-refractivity contribution < 1.29 is 4.79 Å². The van der Waals surface area contributed by atoms with Crippen molar-refractivity contribution in [3.63, 3.8) is 0 Å². The van der Waals surface area contributed by atoms with Crippen LogP contribution in [0.25, 0.3) is 10.6 Å². The highest BCUT2D eigenvalue weighted by Crippen LogP contribution is 2.26. The number of thiazole rings is 1. The molecule has 16 heavy (non-hydrogen) atoms. The van der Waals surface area contributed by atoms with E-state index in [0.29, 0.717) is 4.88 Å². The molecule has 2 rings (SSSR count). The number of rotatable bonds is 2. The van der Waals surface area contributed by atoms with Crippen molar-refractivity contribution in [1.82, 2.24) is 9.97 Å². The van der Waals surface area contributed by atoms with E-state index in [9.17, 15) is 4.79 Å². The maximum absolute atomic E-state index is 11.2. The van der Waals surface area contributed by atoms with E-state index in [4.69, 9.17) is 0 Å². The lowest BCUT2D eigenvalue weighted by molar-refractivity contribution is 0.102. The fourth-order valence-electron chi connectivity index (χ4n) is 1.53. The number of carbonyl (C=O) groups excluding carboxylic acids is 1. The Bertz CT molecular complexity index is 525. The van der Waals surface area contributed by atoms with E-state index < -0.39 is 0 Å². The number of nitrogens with zero attached hydrogens (tertiary/aromatic N) is 2. The van der Waals surface area contributed by atoms with Gasteiger partial charge in [-0.15, -0.1) is 11.3 Å². The molecule has 0 aliphatic heterocycles. The number of ketones is 1. The molecule has 0 saturated carbocycles. The number of aryl methyl sites for hydroxylation is 2. The lowest BCUT2D eigenvalue weighted by Gasteiger charge is -2.00. The molecule has 2 heterocycles. The minimum Gasteiger partial charge on any atom is -0.294 e. The fourth-order valence-corrected chi connectivity index (χ4v) is 2.33. The van der Waals surface area contributed by atoms with Crippen LogP contribution in [0.3, 0.4) is 0 Å². The summed E-state index contributed by atoms with van der Waals surface area (Å²) in [5, 5.41) is 0.874. The highest BCUT2D eigenvalue weighted by Gasteiger charge is 2.08. The number of hydrogen-bond donors (Lipinski definition) is 0. The normalized spacial score (nSPS) is 10.4. The Morgan fingerprint density at radius 3 is 2.38 bits per heavy atom. The van der Waals surface area contributed by atoms with Gasteiger partial charge in [-0.2, -0.15) is 0 Å². The van der Waals surface area contributed by atoms with E-state index in [1.807, 2.05) is 26.0 Å². The van der Waals surface area contributed by atoms with Gasteiger partial charge in [0, 0.05) is 30.1 Å². The first-order chi connectivity index (χ1) is 7.56. The zero-order valence-corrected chi connectivity index (χ0v) is 10.3. The molecule has 0 unspecified atom stereocenters. The summed E-state index contributed by atoms with van der Waals surface area (Å²) in [7, 11) is 0. The molecular formula is C12H12N2OS. The molecule has 4 heteroatoms. The molecule has 0 aromatic carbocycles. The molecule has 0 aliphatic carbocycles. The summed E-state index contributed by atoms with van der Waals surface area (Å²) >= 11 is 1.42. The van der Waals surface area contributed by atoms with E-state index in [1.165, 1.54) is 11.3 Å².